The molecule has 9 heteroatoms. The second kappa shape index (κ2) is 7.57. The van der Waals surface area contributed by atoms with E-state index in [1.807, 2.05) is 0 Å². The Morgan fingerprint density at radius 3 is 2.50 bits per heavy atom. The number of benzene rings is 1. The van der Waals surface area contributed by atoms with Crippen LogP contribution in [0.5, 0.6) is 0 Å². The molecule has 5 nitrogen and oxygen atoms in total. The van der Waals surface area contributed by atoms with Crippen LogP contribution in [0.4, 0.5) is 14.6 Å². The molecule has 0 aliphatic heterocycles. The fraction of sp³-hybridized carbons (Fsp3) is 0.0526. The Hall–Kier alpha value is -2.36. The van der Waals surface area contributed by atoms with Gasteiger partial charge in [-0.1, -0.05) is 0 Å². The van der Waals surface area contributed by atoms with Crippen molar-refractivity contribution in [3.63, 3.8) is 0 Å². The van der Waals surface area contributed by atoms with Crippen molar-refractivity contribution < 1.29 is 13.9 Å². The van der Waals surface area contributed by atoms with Crippen molar-refractivity contribution in [2.24, 2.45) is 0 Å². The van der Waals surface area contributed by atoms with Gasteiger partial charge in [-0.2, -0.15) is 0 Å². The fourth-order valence-corrected chi connectivity index (χ4v) is 3.40. The minimum absolute atomic E-state index is 0.328. The number of aliphatic hydroxyl groups excluding tert-OH is 1. The van der Waals surface area contributed by atoms with E-state index in [4.69, 9.17) is 0 Å². The minimum Gasteiger partial charge on any atom is -0.368 e. The van der Waals surface area contributed by atoms with Crippen molar-refractivity contribution in [3.8, 4) is 11.3 Å². The quantitative estimate of drug-likeness (QED) is 0.366. The first-order valence-electron chi connectivity index (χ1n) is 8.11. The van der Waals surface area contributed by atoms with Crippen LogP contribution in [0.15, 0.2) is 63.8 Å². The molecular formula is C19H12Br2F2N4O. The van der Waals surface area contributed by atoms with Gasteiger partial charge >= 0.3 is 0 Å². The highest BCUT2D eigenvalue weighted by atomic mass is 79.9. The average molecular weight is 510 g/mol. The number of nitrogens with zero attached hydrogens (tertiary/aromatic N) is 3. The molecule has 28 heavy (non-hydrogen) atoms. The van der Waals surface area contributed by atoms with E-state index in [2.05, 4.69) is 47.1 Å². The van der Waals surface area contributed by atoms with Gasteiger partial charge in [0.05, 0.1) is 11.4 Å². The van der Waals surface area contributed by atoms with Crippen molar-refractivity contribution >= 4 is 43.3 Å². The van der Waals surface area contributed by atoms with Gasteiger partial charge in [-0.25, -0.2) is 18.7 Å². The molecule has 3 heterocycles. The van der Waals surface area contributed by atoms with Gasteiger partial charge in [-0.05, 0) is 74.3 Å². The molecule has 0 aliphatic carbocycles. The molecule has 4 rings (SSSR count). The molecule has 0 aliphatic rings. The van der Waals surface area contributed by atoms with E-state index in [0.29, 0.717) is 28.4 Å². The predicted molar refractivity (Wildman–Crippen MR) is 109 cm³/mol. The highest BCUT2D eigenvalue weighted by Gasteiger charge is 2.22. The predicted octanol–water partition coefficient (Wildman–Crippen LogP) is 5.30. The van der Waals surface area contributed by atoms with Crippen LogP contribution < -0.4 is 5.32 Å². The van der Waals surface area contributed by atoms with Gasteiger partial charge < -0.3 is 10.4 Å². The summed E-state index contributed by atoms with van der Waals surface area (Å²) in [6.07, 6.45) is 2.12. The number of aliphatic hydroxyl groups is 1. The van der Waals surface area contributed by atoms with Crippen LogP contribution in [0.25, 0.3) is 16.9 Å². The largest absolute Gasteiger partial charge is 0.368 e. The SMILES string of the molecule is OC(Nc1ccc(Br)cn1)c1c(-c2ccc(F)c(F)c2)nc2ccc(Br)cn12. The summed E-state index contributed by atoms with van der Waals surface area (Å²) in [5.41, 5.74) is 1.59. The third kappa shape index (κ3) is 3.65. The zero-order valence-corrected chi connectivity index (χ0v) is 17.2. The van der Waals surface area contributed by atoms with E-state index in [9.17, 15) is 13.9 Å². The molecule has 1 unspecified atom stereocenters. The molecule has 142 valence electrons. The molecule has 0 saturated heterocycles. The van der Waals surface area contributed by atoms with Gasteiger partial charge in [0, 0.05) is 26.9 Å². The van der Waals surface area contributed by atoms with Gasteiger partial charge in [0.25, 0.3) is 0 Å². The Bertz CT molecular complexity index is 1160. The number of nitrogens with one attached hydrogen (secondary N) is 1. The van der Waals surface area contributed by atoms with Crippen molar-refractivity contribution in [2.75, 3.05) is 5.32 Å². The molecule has 1 aromatic carbocycles. The number of hydrogen-bond donors (Lipinski definition) is 2. The molecule has 0 saturated carbocycles. The van der Waals surface area contributed by atoms with Crippen LogP contribution >= 0.6 is 31.9 Å². The number of hydrogen-bond acceptors (Lipinski definition) is 4. The van der Waals surface area contributed by atoms with E-state index in [1.54, 1.807) is 41.1 Å². The van der Waals surface area contributed by atoms with Crippen molar-refractivity contribution in [3.05, 3.63) is 81.1 Å². The number of aromatic nitrogens is 3. The van der Waals surface area contributed by atoms with Gasteiger partial charge in [0.15, 0.2) is 17.9 Å². The van der Waals surface area contributed by atoms with E-state index in [-0.39, 0.29) is 0 Å². The van der Waals surface area contributed by atoms with Gasteiger partial charge in [-0.3, -0.25) is 4.40 Å². The standard InChI is InChI=1S/C19H12Br2F2N4O/c20-11-2-5-15(24-8-11)25-19(28)18-17(10-1-4-13(22)14(23)7-10)26-16-6-3-12(21)9-27(16)18/h1-9,19,28H,(H,24,25). The molecular weight excluding hydrogens is 498 g/mol. The Morgan fingerprint density at radius 1 is 1.00 bits per heavy atom. The highest BCUT2D eigenvalue weighted by Crippen LogP contribution is 2.31. The minimum atomic E-state index is -1.21. The third-order valence-electron chi connectivity index (χ3n) is 4.08. The van der Waals surface area contributed by atoms with Crippen molar-refractivity contribution in [1.82, 2.24) is 14.4 Å². The molecule has 0 fully saturated rings. The molecule has 0 bridgehead atoms. The smallest absolute Gasteiger partial charge is 0.169 e. The number of imidazole rings is 1. The lowest BCUT2D eigenvalue weighted by Gasteiger charge is -2.15. The van der Waals surface area contributed by atoms with E-state index in [0.717, 1.165) is 21.1 Å². The number of fused-ring (bicyclic) bond motifs is 1. The monoisotopic (exact) mass is 508 g/mol. The molecule has 4 aromatic rings. The normalized spacial score (nSPS) is 12.3. The molecule has 1 atom stereocenters. The lowest BCUT2D eigenvalue weighted by Crippen LogP contribution is -2.14. The summed E-state index contributed by atoms with van der Waals surface area (Å²) in [5.74, 6) is -1.50. The number of halogens is 4. The van der Waals surface area contributed by atoms with E-state index < -0.39 is 17.9 Å². The summed E-state index contributed by atoms with van der Waals surface area (Å²) in [4.78, 5) is 8.68. The molecule has 0 radical (unpaired) electrons. The maximum Gasteiger partial charge on any atom is 0.169 e. The second-order valence-electron chi connectivity index (χ2n) is 5.96. The lowest BCUT2D eigenvalue weighted by atomic mass is 10.1. The average Bonchev–Trinajstić information content (AvgIpc) is 3.04. The van der Waals surface area contributed by atoms with E-state index in [1.165, 1.54) is 6.07 Å². The molecule has 3 aromatic heterocycles. The highest BCUT2D eigenvalue weighted by molar-refractivity contribution is 9.10. The summed E-state index contributed by atoms with van der Waals surface area (Å²) in [7, 11) is 0. The molecule has 0 amide bonds. The topological polar surface area (TPSA) is 62.5 Å². The second-order valence-corrected chi connectivity index (χ2v) is 7.79. The van der Waals surface area contributed by atoms with Gasteiger partial charge in [-0.15, -0.1) is 0 Å². The summed E-state index contributed by atoms with van der Waals surface area (Å²) < 4.78 is 30.4. The van der Waals surface area contributed by atoms with Crippen LogP contribution in [0.2, 0.25) is 0 Å². The zero-order chi connectivity index (χ0) is 19.8. The zero-order valence-electron chi connectivity index (χ0n) is 14.1. The number of pyridine rings is 2. The maximum atomic E-state index is 13.8. The van der Waals surface area contributed by atoms with Gasteiger partial charge in [0.1, 0.15) is 11.5 Å². The van der Waals surface area contributed by atoms with E-state index >= 15 is 0 Å². The van der Waals surface area contributed by atoms with Crippen molar-refractivity contribution in [2.45, 2.75) is 6.23 Å². The summed E-state index contributed by atoms with van der Waals surface area (Å²) in [5, 5.41) is 13.8. The first-order valence-corrected chi connectivity index (χ1v) is 9.70. The Balaban J connectivity index is 1.85. The van der Waals surface area contributed by atoms with Crippen LogP contribution in [-0.2, 0) is 0 Å². The summed E-state index contributed by atoms with van der Waals surface area (Å²) >= 11 is 6.71. The van der Waals surface area contributed by atoms with Crippen LogP contribution in [-0.4, -0.2) is 19.5 Å². The Morgan fingerprint density at radius 2 is 1.79 bits per heavy atom. The molecule has 2 N–H and O–H groups in total. The first kappa shape index (κ1) is 19.0. The Labute approximate surface area is 175 Å². The van der Waals surface area contributed by atoms with Crippen LogP contribution in [0.3, 0.4) is 0 Å². The van der Waals surface area contributed by atoms with Crippen molar-refractivity contribution in [1.29, 1.82) is 0 Å². The number of anilines is 1. The maximum absolute atomic E-state index is 13.8. The summed E-state index contributed by atoms with van der Waals surface area (Å²) in [6, 6.07) is 10.5. The van der Waals surface area contributed by atoms with Crippen LogP contribution in [0, 0.1) is 11.6 Å². The lowest BCUT2D eigenvalue weighted by molar-refractivity contribution is 0.202. The number of rotatable bonds is 4. The summed E-state index contributed by atoms with van der Waals surface area (Å²) in [6.45, 7) is 0. The third-order valence-corrected chi connectivity index (χ3v) is 5.02. The first-order chi connectivity index (χ1) is 13.4. The molecule has 0 spiro atoms. The van der Waals surface area contributed by atoms with Gasteiger partial charge in [0.2, 0.25) is 0 Å². The Kier molecular flexibility index (Phi) is 5.13. The fourth-order valence-electron chi connectivity index (χ4n) is 2.82. The van der Waals surface area contributed by atoms with Crippen LogP contribution in [0.1, 0.15) is 11.9 Å².